The maximum absolute atomic E-state index is 10.9. The van der Waals surface area contributed by atoms with Gasteiger partial charge in [0.05, 0.1) is 44.9 Å². The van der Waals surface area contributed by atoms with Crippen LogP contribution in [0.25, 0.3) is 0 Å². The molecule has 3 aromatic carbocycles. The van der Waals surface area contributed by atoms with Gasteiger partial charge in [-0.3, -0.25) is 4.18 Å². The van der Waals surface area contributed by atoms with E-state index in [0.29, 0.717) is 48.2 Å². The van der Waals surface area contributed by atoms with E-state index in [4.69, 9.17) is 107 Å². The Labute approximate surface area is 340 Å². The normalized spacial score (nSPS) is 14.2. The van der Waals surface area contributed by atoms with Crippen LogP contribution >= 0.6 is 109 Å². The van der Waals surface area contributed by atoms with Crippen molar-refractivity contribution in [3.63, 3.8) is 0 Å². The van der Waals surface area contributed by atoms with Gasteiger partial charge in [-0.05, 0) is 90.6 Å². The van der Waals surface area contributed by atoms with Gasteiger partial charge in [-0.1, -0.05) is 87.8 Å². The van der Waals surface area contributed by atoms with Crippen LogP contribution in [0.4, 0.5) is 0 Å². The molecule has 4 rings (SSSR count). The van der Waals surface area contributed by atoms with Gasteiger partial charge >= 0.3 is 0 Å². The number of sulfone groups is 1. The molecule has 0 unspecified atom stereocenters. The molecule has 3 aromatic rings. The molecule has 2 N–H and O–H groups in total. The fourth-order valence-corrected chi connectivity index (χ4v) is 5.40. The number of alkyl halides is 2. The van der Waals surface area contributed by atoms with E-state index >= 15 is 0 Å². The van der Waals surface area contributed by atoms with Crippen LogP contribution < -0.4 is 5.73 Å². The number of epoxide rings is 1. The van der Waals surface area contributed by atoms with Crippen molar-refractivity contribution in [2.24, 2.45) is 5.73 Å². The molecule has 0 saturated carbocycles. The Bertz CT molecular complexity index is 1540. The fraction of sp³-hybridized carbons (Fsp3) is 0.419. The average Bonchev–Trinajstić information content (AvgIpc) is 3.73. The highest BCUT2D eigenvalue weighted by atomic mass is 79.9. The maximum atomic E-state index is 10.9. The van der Waals surface area contributed by atoms with Crippen molar-refractivity contribution in [1.29, 1.82) is 0 Å². The van der Waals surface area contributed by atoms with Crippen molar-refractivity contribution in [3.8, 4) is 0 Å². The first kappa shape index (κ1) is 51.3. The lowest BCUT2D eigenvalue weighted by Crippen LogP contribution is -2.18. The van der Waals surface area contributed by atoms with Crippen LogP contribution in [0, 0.1) is 0 Å². The smallest absolute Gasteiger partial charge is 0.264 e. The molecule has 7 nitrogen and oxygen atoms in total. The van der Waals surface area contributed by atoms with E-state index in [1.807, 2.05) is 25.1 Å². The standard InChI is InChI=1S/C10H12Cl2O3S.C9H11Cl2N.C6H3BrCl2.C3H6O.C2H6O2S.CH2Cl2/c1-7(15-16(2,13)14)6-8-9(11)4-3-5-10(8)12;1-6(12)5-7-8(10)3-2-4-9(7)11;7-6-4(8)2-1-3-5(6)9;1-3-2-4-3;1-5(2,3)4;2-1-3/h3-5,7H,6H2,1-2H3;2-4,6H,5,12H2,1H3;1-3H;3H,2H2,1H3;1-2H3;1H2/t7-;6-;;3-;;/m10.1../s1. The van der Waals surface area contributed by atoms with Crippen molar-refractivity contribution >= 4 is 129 Å². The number of hydrogen-bond acceptors (Lipinski definition) is 7. The van der Waals surface area contributed by atoms with Gasteiger partial charge < -0.3 is 10.5 Å². The fourth-order valence-electron chi connectivity index (χ4n) is 2.97. The second-order valence-electron chi connectivity index (χ2n) is 10.3. The lowest BCUT2D eigenvalue weighted by Gasteiger charge is -2.13. The molecule has 0 aromatic heterocycles. The van der Waals surface area contributed by atoms with E-state index in [-0.39, 0.29) is 11.4 Å². The van der Waals surface area contributed by atoms with Gasteiger partial charge in [-0.2, -0.15) is 8.42 Å². The summed E-state index contributed by atoms with van der Waals surface area (Å²) in [5, 5.41) is 3.89. The number of rotatable bonds is 6. The van der Waals surface area contributed by atoms with Crippen LogP contribution in [0.1, 0.15) is 31.9 Å². The number of nitrogens with two attached hydrogens (primary N) is 1. The number of hydrogen-bond donors (Lipinski definition) is 1. The second-order valence-corrected chi connectivity index (χ2v) is 18.3. The minimum Gasteiger partial charge on any atom is -0.373 e. The Kier molecular flexibility index (Phi) is 28.2. The van der Waals surface area contributed by atoms with Crippen LogP contribution in [-0.2, 0) is 41.7 Å². The lowest BCUT2D eigenvalue weighted by molar-refractivity contribution is 0.232. The van der Waals surface area contributed by atoms with Gasteiger partial charge in [0.25, 0.3) is 10.1 Å². The summed E-state index contributed by atoms with van der Waals surface area (Å²) in [4.78, 5) is 0. The van der Waals surface area contributed by atoms with Crippen molar-refractivity contribution in [1.82, 2.24) is 0 Å². The first-order valence-corrected chi connectivity index (χ1v) is 22.2. The maximum Gasteiger partial charge on any atom is 0.264 e. The highest BCUT2D eigenvalue weighted by molar-refractivity contribution is 9.10. The molecule has 0 bridgehead atoms. The highest BCUT2D eigenvalue weighted by Crippen LogP contribution is 2.29. The van der Waals surface area contributed by atoms with Crippen molar-refractivity contribution in [3.05, 3.63) is 100 Å². The van der Waals surface area contributed by atoms with E-state index in [1.54, 1.807) is 43.3 Å². The lowest BCUT2D eigenvalue weighted by atomic mass is 10.1. The number of ether oxygens (including phenoxy) is 1. The van der Waals surface area contributed by atoms with E-state index in [2.05, 4.69) is 22.9 Å². The minimum atomic E-state index is -3.46. The summed E-state index contributed by atoms with van der Waals surface area (Å²) < 4.78 is 51.4. The Morgan fingerprint density at radius 2 is 1.02 bits per heavy atom. The van der Waals surface area contributed by atoms with Gasteiger partial charge in [0, 0.05) is 45.1 Å². The van der Waals surface area contributed by atoms with Crippen molar-refractivity contribution in [2.45, 2.75) is 51.9 Å². The van der Waals surface area contributed by atoms with Crippen LogP contribution in [0.5, 0.6) is 0 Å². The predicted molar refractivity (Wildman–Crippen MR) is 216 cm³/mol. The van der Waals surface area contributed by atoms with Gasteiger partial charge in [0.2, 0.25) is 0 Å². The third-order valence-corrected chi connectivity index (χ3v) is 8.92. The molecular formula is C31H40BrCl8NO6S2. The predicted octanol–water partition coefficient (Wildman–Crippen LogP) is 11.0. The zero-order valence-electron chi connectivity index (χ0n) is 27.5. The molecule has 0 spiro atoms. The Morgan fingerprint density at radius 1 is 0.755 bits per heavy atom. The summed E-state index contributed by atoms with van der Waals surface area (Å²) in [7, 11) is -6.12. The first-order chi connectivity index (χ1) is 22.4. The summed E-state index contributed by atoms with van der Waals surface area (Å²) >= 11 is 47.9. The third-order valence-electron chi connectivity index (χ3n) is 4.88. The second kappa shape index (κ2) is 26.9. The quantitative estimate of drug-likeness (QED) is 0.113. The largest absolute Gasteiger partial charge is 0.373 e. The van der Waals surface area contributed by atoms with Crippen molar-refractivity contribution in [2.75, 3.05) is 30.7 Å². The summed E-state index contributed by atoms with van der Waals surface area (Å²) in [6.07, 6.45) is 4.49. The van der Waals surface area contributed by atoms with Crippen LogP contribution in [0.3, 0.4) is 0 Å². The van der Waals surface area contributed by atoms with Crippen LogP contribution in [0.2, 0.25) is 30.1 Å². The zero-order chi connectivity index (χ0) is 38.5. The van der Waals surface area contributed by atoms with Gasteiger partial charge in [-0.25, -0.2) is 8.42 Å². The molecule has 18 heteroatoms. The molecule has 3 atom stereocenters. The Hall–Kier alpha value is 0.240. The Morgan fingerprint density at radius 3 is 1.24 bits per heavy atom. The molecule has 1 saturated heterocycles. The van der Waals surface area contributed by atoms with E-state index in [9.17, 15) is 16.8 Å². The molecule has 0 amide bonds. The summed E-state index contributed by atoms with van der Waals surface area (Å²) in [6.45, 7) is 6.63. The SMILES string of the molecule is CS(C)(=O)=O.C[C@@H]1CO1.C[C@H](Cc1c(Cl)cccc1Cl)OS(C)(=O)=O.C[C@H](N)Cc1c(Cl)cccc1Cl.ClCCl.Clc1cccc(Cl)c1Br. The molecule has 1 aliphatic heterocycles. The number of halogens is 9. The molecule has 0 aliphatic carbocycles. The van der Waals surface area contributed by atoms with Gasteiger partial charge in [0.15, 0.2) is 0 Å². The summed E-state index contributed by atoms with van der Waals surface area (Å²) in [6, 6.07) is 16.1. The summed E-state index contributed by atoms with van der Waals surface area (Å²) in [5.41, 5.74) is 7.28. The van der Waals surface area contributed by atoms with Gasteiger partial charge in [-0.15, -0.1) is 23.2 Å². The number of benzene rings is 3. The zero-order valence-corrected chi connectivity index (χ0v) is 36.8. The Balaban J connectivity index is 0. The highest BCUT2D eigenvalue weighted by Gasteiger charge is 2.15. The van der Waals surface area contributed by atoms with Gasteiger partial charge in [0.1, 0.15) is 9.84 Å². The monoisotopic (exact) mass is 945 g/mol. The molecule has 0 radical (unpaired) electrons. The first-order valence-electron chi connectivity index (χ1n) is 13.9. The summed E-state index contributed by atoms with van der Waals surface area (Å²) in [5.74, 6) is 0. The molecule has 280 valence electrons. The molecule has 1 heterocycles. The molecular weight excluding hydrogens is 910 g/mol. The van der Waals surface area contributed by atoms with E-state index in [0.717, 1.165) is 41.8 Å². The molecule has 49 heavy (non-hydrogen) atoms. The van der Waals surface area contributed by atoms with E-state index in [1.165, 1.54) is 0 Å². The van der Waals surface area contributed by atoms with Crippen molar-refractivity contribution < 1.29 is 25.8 Å². The third kappa shape index (κ3) is 30.4. The van der Waals surface area contributed by atoms with E-state index < -0.39 is 26.1 Å². The van der Waals surface area contributed by atoms with Crippen LogP contribution in [0.15, 0.2) is 59.1 Å². The minimum absolute atomic E-state index is 0.0856. The molecule has 1 aliphatic rings. The van der Waals surface area contributed by atoms with Crippen LogP contribution in [-0.4, -0.2) is 65.8 Å². The average molecular weight is 950 g/mol. The molecule has 1 fully saturated rings. The topological polar surface area (TPSA) is 116 Å².